The molecule has 5 heteroatoms. The van der Waals surface area contributed by atoms with Crippen LogP contribution in [0.3, 0.4) is 0 Å². The first-order valence-electron chi connectivity index (χ1n) is 5.94. The number of nitrogens with zero attached hydrogens (tertiary/aromatic N) is 1. The van der Waals surface area contributed by atoms with E-state index in [2.05, 4.69) is 12.0 Å². The first kappa shape index (κ1) is 13.0. The van der Waals surface area contributed by atoms with E-state index in [-0.39, 0.29) is 5.97 Å². The van der Waals surface area contributed by atoms with Crippen LogP contribution in [0.1, 0.15) is 22.8 Å². The molecule has 2 rings (SSSR count). The van der Waals surface area contributed by atoms with Gasteiger partial charge in [-0.3, -0.25) is 0 Å². The van der Waals surface area contributed by atoms with E-state index >= 15 is 0 Å². The molecular weight excluding hydrogens is 246 g/mol. The second-order valence-electron chi connectivity index (χ2n) is 3.80. The average molecular weight is 259 g/mol. The minimum absolute atomic E-state index is 0.328. The molecule has 0 N–H and O–H groups in total. The largest absolute Gasteiger partial charge is 0.462 e. The topological polar surface area (TPSA) is 55.8 Å². The number of hydrogen-bond acceptors (Lipinski definition) is 4. The van der Waals surface area contributed by atoms with Crippen LogP contribution in [0, 0.1) is 12.0 Å². The first-order chi connectivity index (χ1) is 9.20. The van der Waals surface area contributed by atoms with E-state index in [1.807, 2.05) is 0 Å². The molecule has 98 valence electrons. The van der Waals surface area contributed by atoms with E-state index in [4.69, 9.17) is 9.47 Å². The fourth-order valence-electron chi connectivity index (χ4n) is 1.57. The third kappa shape index (κ3) is 3.26. The number of amides is 1. The Bertz CT molecular complexity index is 556. The Morgan fingerprint density at radius 1 is 1.53 bits per heavy atom. The molecule has 1 aromatic carbocycles. The van der Waals surface area contributed by atoms with Gasteiger partial charge in [0.05, 0.1) is 18.7 Å². The van der Waals surface area contributed by atoms with Crippen molar-refractivity contribution in [3.8, 4) is 12.0 Å². The van der Waals surface area contributed by atoms with Crippen LogP contribution in [0.2, 0.25) is 0 Å². The van der Waals surface area contributed by atoms with Crippen molar-refractivity contribution in [3.63, 3.8) is 0 Å². The van der Waals surface area contributed by atoms with E-state index in [1.54, 1.807) is 31.2 Å². The molecule has 1 amide bonds. The summed E-state index contributed by atoms with van der Waals surface area (Å²) < 4.78 is 9.66. The van der Waals surface area contributed by atoms with Gasteiger partial charge in [0, 0.05) is 11.6 Å². The van der Waals surface area contributed by atoms with Crippen molar-refractivity contribution in [3.05, 3.63) is 35.4 Å². The molecule has 0 spiro atoms. The highest BCUT2D eigenvalue weighted by atomic mass is 16.6. The predicted octanol–water partition coefficient (Wildman–Crippen LogP) is 1.62. The van der Waals surface area contributed by atoms with Crippen LogP contribution in [0.25, 0.3) is 0 Å². The smallest absolute Gasteiger partial charge is 0.421 e. The van der Waals surface area contributed by atoms with Gasteiger partial charge in [0.1, 0.15) is 6.61 Å². The number of carbonyl (C=O) groups is 2. The summed E-state index contributed by atoms with van der Waals surface area (Å²) in [6.45, 7) is 2.90. The summed E-state index contributed by atoms with van der Waals surface area (Å²) in [4.78, 5) is 24.0. The molecule has 0 bridgehead atoms. The standard InChI is InChI=1S/C14H13NO4/c1-2-18-13(16)12-5-3-4-11(10-12)6-7-15-8-9-19-14(15)17/h3-5,10H,2,8-9H2,1H3. The molecule has 0 radical (unpaired) electrons. The third-order valence-corrected chi connectivity index (χ3v) is 2.47. The Kier molecular flexibility index (Phi) is 4.04. The van der Waals surface area contributed by atoms with Crippen LogP contribution in [0.5, 0.6) is 0 Å². The van der Waals surface area contributed by atoms with Gasteiger partial charge >= 0.3 is 12.1 Å². The molecule has 1 fully saturated rings. The molecular formula is C14H13NO4. The minimum Gasteiger partial charge on any atom is -0.462 e. The molecule has 19 heavy (non-hydrogen) atoms. The summed E-state index contributed by atoms with van der Waals surface area (Å²) in [6, 6.07) is 9.48. The number of benzene rings is 1. The van der Waals surface area contributed by atoms with Crippen LogP contribution in [-0.2, 0) is 9.47 Å². The van der Waals surface area contributed by atoms with Crippen LogP contribution in [0.4, 0.5) is 4.79 Å². The maximum absolute atomic E-state index is 11.6. The van der Waals surface area contributed by atoms with E-state index in [0.717, 1.165) is 0 Å². The highest BCUT2D eigenvalue weighted by Crippen LogP contribution is 2.07. The summed E-state index contributed by atoms with van der Waals surface area (Å²) in [7, 11) is 0. The molecule has 1 aromatic rings. The zero-order chi connectivity index (χ0) is 13.7. The molecule has 5 nitrogen and oxygen atoms in total. The van der Waals surface area contributed by atoms with Crippen LogP contribution >= 0.6 is 0 Å². The summed E-state index contributed by atoms with van der Waals surface area (Å²) in [5.41, 5.74) is 1.09. The van der Waals surface area contributed by atoms with E-state index in [1.165, 1.54) is 4.90 Å². The van der Waals surface area contributed by atoms with Crippen LogP contribution in [0.15, 0.2) is 24.3 Å². The zero-order valence-electron chi connectivity index (χ0n) is 10.5. The van der Waals surface area contributed by atoms with Crippen LogP contribution < -0.4 is 0 Å². The molecule has 0 unspecified atom stereocenters. The number of carbonyl (C=O) groups excluding carboxylic acids is 2. The predicted molar refractivity (Wildman–Crippen MR) is 67.3 cm³/mol. The Hall–Kier alpha value is -2.48. The summed E-state index contributed by atoms with van der Waals surface area (Å²) in [6.07, 6.45) is -0.436. The van der Waals surface area contributed by atoms with Crippen molar-refractivity contribution in [2.75, 3.05) is 19.8 Å². The molecule has 0 saturated carbocycles. The van der Waals surface area contributed by atoms with Gasteiger partial charge in [0.15, 0.2) is 0 Å². The highest BCUT2D eigenvalue weighted by molar-refractivity contribution is 5.89. The van der Waals surface area contributed by atoms with Crippen LogP contribution in [-0.4, -0.2) is 36.7 Å². The van der Waals surface area contributed by atoms with Gasteiger partial charge in [-0.25, -0.2) is 14.5 Å². The molecule has 0 aromatic heterocycles. The first-order valence-corrected chi connectivity index (χ1v) is 5.94. The van der Waals surface area contributed by atoms with Crippen molar-refractivity contribution < 1.29 is 19.1 Å². The molecule has 1 aliphatic rings. The van der Waals surface area contributed by atoms with E-state index in [9.17, 15) is 9.59 Å². The highest BCUT2D eigenvalue weighted by Gasteiger charge is 2.19. The lowest BCUT2D eigenvalue weighted by Gasteiger charge is -2.02. The third-order valence-electron chi connectivity index (χ3n) is 2.47. The number of rotatable bonds is 2. The van der Waals surface area contributed by atoms with E-state index < -0.39 is 6.09 Å². The number of hydrogen-bond donors (Lipinski definition) is 0. The maximum atomic E-state index is 11.6. The van der Waals surface area contributed by atoms with Crippen molar-refractivity contribution in [2.24, 2.45) is 0 Å². The Balaban J connectivity index is 2.13. The lowest BCUT2D eigenvalue weighted by Crippen LogP contribution is -2.17. The van der Waals surface area contributed by atoms with Gasteiger partial charge < -0.3 is 9.47 Å². The number of esters is 1. The lowest BCUT2D eigenvalue weighted by atomic mass is 10.1. The van der Waals surface area contributed by atoms with Crippen molar-refractivity contribution in [1.29, 1.82) is 0 Å². The van der Waals surface area contributed by atoms with Crippen molar-refractivity contribution in [2.45, 2.75) is 6.92 Å². The molecule has 0 aliphatic carbocycles. The Morgan fingerprint density at radius 2 is 2.37 bits per heavy atom. The minimum atomic E-state index is -0.436. The van der Waals surface area contributed by atoms with Gasteiger partial charge in [0.25, 0.3) is 0 Å². The quantitative estimate of drug-likeness (QED) is 0.598. The summed E-state index contributed by atoms with van der Waals surface area (Å²) in [5.74, 6) is 2.44. The van der Waals surface area contributed by atoms with Gasteiger partial charge in [0.2, 0.25) is 0 Å². The van der Waals surface area contributed by atoms with Gasteiger partial charge in [-0.05, 0) is 31.0 Å². The molecule has 1 aliphatic heterocycles. The van der Waals surface area contributed by atoms with Gasteiger partial charge in [-0.15, -0.1) is 0 Å². The summed E-state index contributed by atoms with van der Waals surface area (Å²) in [5, 5.41) is 0. The number of ether oxygens (including phenoxy) is 2. The molecule has 0 atom stereocenters. The Labute approximate surface area is 111 Å². The SMILES string of the molecule is CCOC(=O)c1cccc(C#CN2CCOC2=O)c1. The second kappa shape index (κ2) is 5.91. The summed E-state index contributed by atoms with van der Waals surface area (Å²) >= 11 is 0. The van der Waals surface area contributed by atoms with Crippen molar-refractivity contribution >= 4 is 12.1 Å². The van der Waals surface area contributed by atoms with Crippen molar-refractivity contribution in [1.82, 2.24) is 4.90 Å². The Morgan fingerprint density at radius 3 is 3.05 bits per heavy atom. The second-order valence-corrected chi connectivity index (χ2v) is 3.80. The van der Waals surface area contributed by atoms with Gasteiger partial charge in [-0.2, -0.15) is 0 Å². The molecule has 1 saturated heterocycles. The number of cyclic esters (lactones) is 1. The zero-order valence-corrected chi connectivity index (χ0v) is 10.5. The lowest BCUT2D eigenvalue weighted by molar-refractivity contribution is 0.0526. The fraction of sp³-hybridized carbons (Fsp3) is 0.286. The molecule has 1 heterocycles. The maximum Gasteiger partial charge on any atom is 0.421 e. The normalized spacial score (nSPS) is 13.5. The van der Waals surface area contributed by atoms with E-state index in [0.29, 0.717) is 30.9 Å². The van der Waals surface area contributed by atoms with Gasteiger partial charge in [-0.1, -0.05) is 6.07 Å². The average Bonchev–Trinajstić information content (AvgIpc) is 2.82. The monoisotopic (exact) mass is 259 g/mol. The fourth-order valence-corrected chi connectivity index (χ4v) is 1.57.